The fraction of sp³-hybridized carbons (Fsp3) is 0.667. The van der Waals surface area contributed by atoms with Crippen LogP contribution in [0.25, 0.3) is 0 Å². The molecule has 1 fully saturated rings. The molecule has 1 aliphatic rings. The molecule has 8 nitrogen and oxygen atoms in total. The van der Waals surface area contributed by atoms with Crippen LogP contribution < -0.4 is 0 Å². The molecule has 8 heteroatoms. The van der Waals surface area contributed by atoms with Gasteiger partial charge in [-0.1, -0.05) is 12.1 Å². The highest BCUT2D eigenvalue weighted by Crippen LogP contribution is 2.20. The number of aromatic nitrogens is 4. The highest BCUT2D eigenvalue weighted by molar-refractivity contribution is 5.95. The molecule has 26 heavy (non-hydrogen) atoms. The normalized spacial score (nSPS) is 18.3. The summed E-state index contributed by atoms with van der Waals surface area (Å²) in [6.07, 6.45) is 5.61. The van der Waals surface area contributed by atoms with E-state index in [1.807, 2.05) is 25.1 Å². The van der Waals surface area contributed by atoms with Crippen molar-refractivity contribution in [3.8, 4) is 0 Å². The van der Waals surface area contributed by atoms with Crippen LogP contribution in [-0.4, -0.2) is 61.8 Å². The van der Waals surface area contributed by atoms with Crippen molar-refractivity contribution < 1.29 is 9.32 Å². The summed E-state index contributed by atoms with van der Waals surface area (Å²) in [5.74, 6) is 1.41. The lowest BCUT2D eigenvalue weighted by Crippen LogP contribution is -2.35. The van der Waals surface area contributed by atoms with Gasteiger partial charge in [0.15, 0.2) is 5.82 Å². The Morgan fingerprint density at radius 1 is 1.38 bits per heavy atom. The summed E-state index contributed by atoms with van der Waals surface area (Å²) in [7, 11) is 3.95. The van der Waals surface area contributed by atoms with Crippen LogP contribution in [0.5, 0.6) is 0 Å². The molecule has 0 unspecified atom stereocenters. The van der Waals surface area contributed by atoms with Crippen LogP contribution in [0, 0.1) is 6.92 Å². The second kappa shape index (κ2) is 7.99. The molecule has 0 aliphatic carbocycles. The molecule has 0 bridgehead atoms. The van der Waals surface area contributed by atoms with Gasteiger partial charge in [0.1, 0.15) is 0 Å². The first-order valence-corrected chi connectivity index (χ1v) is 9.29. The Hall–Kier alpha value is -2.22. The van der Waals surface area contributed by atoms with Crippen molar-refractivity contribution in [2.45, 2.75) is 52.1 Å². The number of carbonyl (C=O) groups excluding carboxylic acids is 1. The van der Waals surface area contributed by atoms with E-state index in [1.165, 1.54) is 0 Å². The minimum atomic E-state index is 0.104. The van der Waals surface area contributed by atoms with Gasteiger partial charge in [0.25, 0.3) is 5.91 Å². The lowest BCUT2D eigenvalue weighted by molar-refractivity contribution is 0.0756. The average Bonchev–Trinajstić information content (AvgIpc) is 3.10. The van der Waals surface area contributed by atoms with Gasteiger partial charge in [0.2, 0.25) is 5.89 Å². The van der Waals surface area contributed by atoms with Crippen LogP contribution in [-0.2, 0) is 20.0 Å². The van der Waals surface area contributed by atoms with Gasteiger partial charge in [-0.25, -0.2) is 0 Å². The number of likely N-dealkylation sites (tertiary alicyclic amines) is 1. The number of hydrogen-bond acceptors (Lipinski definition) is 6. The molecule has 3 heterocycles. The summed E-state index contributed by atoms with van der Waals surface area (Å²) < 4.78 is 6.78. The van der Waals surface area contributed by atoms with Gasteiger partial charge in [-0.3, -0.25) is 14.4 Å². The monoisotopic (exact) mass is 360 g/mol. The first kappa shape index (κ1) is 18.6. The highest BCUT2D eigenvalue weighted by Gasteiger charge is 2.26. The van der Waals surface area contributed by atoms with Gasteiger partial charge in [0, 0.05) is 39.3 Å². The first-order valence-electron chi connectivity index (χ1n) is 9.29. The van der Waals surface area contributed by atoms with E-state index in [2.05, 4.69) is 27.2 Å². The van der Waals surface area contributed by atoms with E-state index in [0.29, 0.717) is 24.3 Å². The second-order valence-electron chi connectivity index (χ2n) is 7.04. The Bertz CT molecular complexity index is 753. The molecule has 0 radical (unpaired) electrons. The highest BCUT2D eigenvalue weighted by atomic mass is 16.5. The van der Waals surface area contributed by atoms with Crippen molar-refractivity contribution in [3.63, 3.8) is 0 Å². The maximum Gasteiger partial charge on any atom is 0.257 e. The standard InChI is InChI=1S/C18H28N6O2/c1-5-16-15(11-23(4)20-16)18(25)24-9-6-7-14(8-10-24)22(3)12-17-19-13(2)26-21-17/h11,14H,5-10,12H2,1-4H3/t14-/m1/s1. The minimum absolute atomic E-state index is 0.104. The van der Waals surface area contributed by atoms with Gasteiger partial charge in [-0.05, 0) is 32.7 Å². The largest absolute Gasteiger partial charge is 0.340 e. The zero-order valence-corrected chi connectivity index (χ0v) is 16.1. The molecule has 1 saturated heterocycles. The van der Waals surface area contributed by atoms with Crippen LogP contribution in [0.3, 0.4) is 0 Å². The van der Waals surface area contributed by atoms with Crippen LogP contribution >= 0.6 is 0 Å². The second-order valence-corrected chi connectivity index (χ2v) is 7.04. The lowest BCUT2D eigenvalue weighted by atomic mass is 10.1. The third-order valence-corrected chi connectivity index (χ3v) is 5.04. The molecule has 3 rings (SSSR count). The minimum Gasteiger partial charge on any atom is -0.340 e. The van der Waals surface area contributed by atoms with E-state index in [4.69, 9.17) is 4.52 Å². The van der Waals surface area contributed by atoms with Crippen LogP contribution in [0.15, 0.2) is 10.7 Å². The zero-order valence-electron chi connectivity index (χ0n) is 16.1. The van der Waals surface area contributed by atoms with E-state index < -0.39 is 0 Å². The summed E-state index contributed by atoms with van der Waals surface area (Å²) in [5, 5.41) is 8.38. The molecule has 1 aliphatic heterocycles. The fourth-order valence-corrected chi connectivity index (χ4v) is 3.62. The maximum atomic E-state index is 12.9. The Labute approximate surface area is 154 Å². The average molecular weight is 360 g/mol. The van der Waals surface area contributed by atoms with Crippen molar-refractivity contribution in [3.05, 3.63) is 29.2 Å². The third-order valence-electron chi connectivity index (χ3n) is 5.04. The van der Waals surface area contributed by atoms with Gasteiger partial charge in [0.05, 0.1) is 17.8 Å². The van der Waals surface area contributed by atoms with Gasteiger partial charge in [-0.15, -0.1) is 0 Å². The van der Waals surface area contributed by atoms with E-state index >= 15 is 0 Å². The fourth-order valence-electron chi connectivity index (χ4n) is 3.62. The molecule has 0 spiro atoms. The number of rotatable bonds is 5. The number of carbonyl (C=O) groups is 1. The summed E-state index contributed by atoms with van der Waals surface area (Å²) in [6, 6.07) is 0.408. The molecule has 0 saturated carbocycles. The molecule has 1 amide bonds. The summed E-state index contributed by atoms with van der Waals surface area (Å²) in [5.41, 5.74) is 1.62. The summed E-state index contributed by atoms with van der Waals surface area (Å²) in [6.45, 7) is 6.05. The van der Waals surface area contributed by atoms with Gasteiger partial charge < -0.3 is 9.42 Å². The predicted molar refractivity (Wildman–Crippen MR) is 96.6 cm³/mol. The Morgan fingerprint density at radius 3 is 2.88 bits per heavy atom. The SMILES string of the molecule is CCc1nn(C)cc1C(=O)N1CCC[C@@H](N(C)Cc2noc(C)n2)CC1. The topological polar surface area (TPSA) is 80.3 Å². The number of nitrogens with zero attached hydrogens (tertiary/aromatic N) is 6. The Morgan fingerprint density at radius 2 is 2.19 bits per heavy atom. The predicted octanol–water partition coefficient (Wildman–Crippen LogP) is 1.80. The number of hydrogen-bond donors (Lipinski definition) is 0. The molecule has 2 aromatic heterocycles. The number of aryl methyl sites for hydroxylation is 3. The maximum absolute atomic E-state index is 12.9. The third kappa shape index (κ3) is 4.12. The molecule has 1 atom stereocenters. The van der Waals surface area contributed by atoms with E-state index in [9.17, 15) is 4.79 Å². The molecule has 0 aromatic carbocycles. The molecular weight excluding hydrogens is 332 g/mol. The summed E-state index contributed by atoms with van der Waals surface area (Å²) >= 11 is 0. The van der Waals surface area contributed by atoms with Crippen molar-refractivity contribution in [1.29, 1.82) is 0 Å². The van der Waals surface area contributed by atoms with Crippen LogP contribution in [0.1, 0.15) is 54.0 Å². The zero-order chi connectivity index (χ0) is 18.7. The molecule has 142 valence electrons. The molecule has 2 aromatic rings. The summed E-state index contributed by atoms with van der Waals surface area (Å²) in [4.78, 5) is 21.5. The molecular formula is C18H28N6O2. The van der Waals surface area contributed by atoms with E-state index in [-0.39, 0.29) is 5.91 Å². The van der Waals surface area contributed by atoms with Crippen LogP contribution in [0.2, 0.25) is 0 Å². The molecule has 0 N–H and O–H groups in total. The smallest absolute Gasteiger partial charge is 0.257 e. The van der Waals surface area contributed by atoms with Crippen molar-refractivity contribution >= 4 is 5.91 Å². The van der Waals surface area contributed by atoms with Gasteiger partial charge in [-0.2, -0.15) is 10.1 Å². The van der Waals surface area contributed by atoms with Gasteiger partial charge >= 0.3 is 0 Å². The van der Waals surface area contributed by atoms with E-state index in [0.717, 1.165) is 50.0 Å². The van der Waals surface area contributed by atoms with Crippen LogP contribution in [0.4, 0.5) is 0 Å². The quantitative estimate of drug-likeness (QED) is 0.809. The lowest BCUT2D eigenvalue weighted by Gasteiger charge is -2.26. The van der Waals surface area contributed by atoms with Crippen molar-refractivity contribution in [1.82, 2.24) is 29.7 Å². The Kier molecular flexibility index (Phi) is 5.70. The van der Waals surface area contributed by atoms with Crippen molar-refractivity contribution in [2.75, 3.05) is 20.1 Å². The first-order chi connectivity index (χ1) is 12.5. The van der Waals surface area contributed by atoms with Crippen molar-refractivity contribution in [2.24, 2.45) is 7.05 Å². The Balaban J connectivity index is 1.61. The van der Waals surface area contributed by atoms with E-state index in [1.54, 1.807) is 11.6 Å². The number of amides is 1.